The van der Waals surface area contributed by atoms with Crippen molar-refractivity contribution < 1.29 is 4.79 Å². The highest BCUT2D eigenvalue weighted by Gasteiger charge is 2.12. The Kier molecular flexibility index (Phi) is 2.79. The van der Waals surface area contributed by atoms with E-state index in [1.165, 1.54) is 11.1 Å². The van der Waals surface area contributed by atoms with E-state index < -0.39 is 5.91 Å². The molecule has 17 heavy (non-hydrogen) atoms. The number of aromatic amines is 1. The first-order valence-corrected chi connectivity index (χ1v) is 5.71. The molecule has 0 saturated carbocycles. The van der Waals surface area contributed by atoms with E-state index >= 15 is 0 Å². The summed E-state index contributed by atoms with van der Waals surface area (Å²) in [5, 5.41) is 4.34. The molecule has 1 aromatic carbocycles. The molecule has 4 nitrogen and oxygen atoms in total. The molecule has 2 rings (SSSR count). The average molecular weight is 231 g/mol. The molecule has 0 aliphatic carbocycles. The number of fused-ring (bicyclic) bond motifs is 1. The number of hydrogen-bond donors (Lipinski definition) is 3. The molecule has 0 aliphatic rings. The summed E-state index contributed by atoms with van der Waals surface area (Å²) in [6, 6.07) is 3.91. The van der Waals surface area contributed by atoms with Gasteiger partial charge >= 0.3 is 0 Å². The molecule has 1 amide bonds. The lowest BCUT2D eigenvalue weighted by Crippen LogP contribution is -2.10. The van der Waals surface area contributed by atoms with E-state index in [2.05, 4.69) is 23.3 Å². The smallest absolute Gasteiger partial charge is 0.265 e. The van der Waals surface area contributed by atoms with Gasteiger partial charge in [0.05, 0.1) is 11.2 Å². The Labute approximate surface area is 100 Å². The van der Waals surface area contributed by atoms with Gasteiger partial charge in [0.15, 0.2) is 0 Å². The van der Waals surface area contributed by atoms with Crippen LogP contribution in [-0.4, -0.2) is 17.4 Å². The van der Waals surface area contributed by atoms with Crippen molar-refractivity contribution in [3.63, 3.8) is 0 Å². The number of aromatic nitrogens is 1. The molecule has 1 aromatic heterocycles. The van der Waals surface area contributed by atoms with Crippen molar-refractivity contribution in [3.8, 4) is 0 Å². The van der Waals surface area contributed by atoms with Crippen LogP contribution in [0.15, 0.2) is 12.1 Å². The van der Waals surface area contributed by atoms with Crippen LogP contribution in [0.1, 0.15) is 28.5 Å². The fraction of sp³-hybridized carbons (Fsp3) is 0.308. The Hall–Kier alpha value is -1.97. The fourth-order valence-electron chi connectivity index (χ4n) is 2.03. The molecule has 2 aromatic rings. The number of amides is 1. The second-order valence-electron chi connectivity index (χ2n) is 4.23. The number of nitrogens with two attached hydrogens (primary N) is 1. The molecule has 0 saturated heterocycles. The largest absolute Gasteiger partial charge is 0.384 e. The average Bonchev–Trinajstić information content (AvgIpc) is 2.71. The molecular formula is C13H17N3O. The molecule has 0 atom stereocenters. The molecule has 4 heteroatoms. The number of carbonyl (C=O) groups excluding carboxylic acids is 1. The number of aryl methyl sites for hydroxylation is 2. The molecule has 0 radical (unpaired) electrons. The summed E-state index contributed by atoms with van der Waals surface area (Å²) >= 11 is 0. The molecular weight excluding hydrogens is 214 g/mol. The molecule has 0 fully saturated rings. The Bertz CT molecular complexity index is 584. The normalized spacial score (nSPS) is 10.8. The van der Waals surface area contributed by atoms with Crippen molar-refractivity contribution in [2.45, 2.75) is 20.8 Å². The highest BCUT2D eigenvalue weighted by atomic mass is 16.1. The number of primary amides is 1. The summed E-state index contributed by atoms with van der Waals surface area (Å²) in [5.74, 6) is -0.430. The summed E-state index contributed by atoms with van der Waals surface area (Å²) in [4.78, 5) is 14.3. The minimum Gasteiger partial charge on any atom is -0.384 e. The van der Waals surface area contributed by atoms with Crippen LogP contribution in [0, 0.1) is 13.8 Å². The van der Waals surface area contributed by atoms with Gasteiger partial charge in [-0.1, -0.05) is 0 Å². The van der Waals surface area contributed by atoms with Crippen molar-refractivity contribution >= 4 is 22.5 Å². The van der Waals surface area contributed by atoms with Crippen molar-refractivity contribution in [3.05, 3.63) is 29.0 Å². The summed E-state index contributed by atoms with van der Waals surface area (Å²) in [6.07, 6.45) is 0. The summed E-state index contributed by atoms with van der Waals surface area (Å²) in [5.41, 5.74) is 10.1. The van der Waals surface area contributed by atoms with E-state index in [4.69, 9.17) is 5.73 Å². The zero-order valence-corrected chi connectivity index (χ0v) is 10.3. The molecule has 0 unspecified atom stereocenters. The van der Waals surface area contributed by atoms with Gasteiger partial charge in [-0.25, -0.2) is 0 Å². The first-order chi connectivity index (χ1) is 8.04. The number of anilines is 1. The van der Waals surface area contributed by atoms with Crippen molar-refractivity contribution in [1.82, 2.24) is 4.98 Å². The van der Waals surface area contributed by atoms with Crippen molar-refractivity contribution in [1.29, 1.82) is 0 Å². The van der Waals surface area contributed by atoms with Gasteiger partial charge in [0.2, 0.25) is 0 Å². The zero-order valence-electron chi connectivity index (χ0n) is 10.3. The van der Waals surface area contributed by atoms with Gasteiger partial charge in [-0.2, -0.15) is 0 Å². The number of H-pyrrole nitrogens is 1. The zero-order chi connectivity index (χ0) is 12.6. The van der Waals surface area contributed by atoms with Gasteiger partial charge in [0.1, 0.15) is 5.69 Å². The predicted molar refractivity (Wildman–Crippen MR) is 70.5 cm³/mol. The first-order valence-electron chi connectivity index (χ1n) is 5.71. The van der Waals surface area contributed by atoms with E-state index in [-0.39, 0.29) is 0 Å². The lowest BCUT2D eigenvalue weighted by Gasteiger charge is -2.09. The van der Waals surface area contributed by atoms with Gasteiger partial charge in [0.25, 0.3) is 5.91 Å². The third kappa shape index (κ3) is 1.86. The molecule has 4 N–H and O–H groups in total. The minimum atomic E-state index is -0.430. The Morgan fingerprint density at radius 3 is 2.71 bits per heavy atom. The topological polar surface area (TPSA) is 70.9 Å². The maximum absolute atomic E-state index is 11.2. The molecule has 1 heterocycles. The van der Waals surface area contributed by atoms with Crippen LogP contribution in [0.2, 0.25) is 0 Å². The van der Waals surface area contributed by atoms with Crippen LogP contribution in [-0.2, 0) is 0 Å². The van der Waals surface area contributed by atoms with Gasteiger partial charge in [0, 0.05) is 11.9 Å². The fourth-order valence-corrected chi connectivity index (χ4v) is 2.03. The summed E-state index contributed by atoms with van der Waals surface area (Å²) < 4.78 is 0. The number of nitrogens with one attached hydrogen (secondary N) is 2. The van der Waals surface area contributed by atoms with Crippen LogP contribution >= 0.6 is 0 Å². The maximum atomic E-state index is 11.2. The monoisotopic (exact) mass is 231 g/mol. The van der Waals surface area contributed by atoms with E-state index in [1.807, 2.05) is 19.9 Å². The van der Waals surface area contributed by atoms with Crippen molar-refractivity contribution in [2.75, 3.05) is 11.9 Å². The van der Waals surface area contributed by atoms with Gasteiger partial charge in [-0.05, 0) is 44.0 Å². The highest BCUT2D eigenvalue weighted by Crippen LogP contribution is 2.29. The second kappa shape index (κ2) is 4.13. The van der Waals surface area contributed by atoms with Crippen LogP contribution < -0.4 is 11.1 Å². The summed E-state index contributed by atoms with van der Waals surface area (Å²) in [6.45, 7) is 6.99. The quantitative estimate of drug-likeness (QED) is 0.758. The van der Waals surface area contributed by atoms with Gasteiger partial charge in [-0.15, -0.1) is 0 Å². The Morgan fingerprint density at radius 1 is 1.41 bits per heavy atom. The van der Waals surface area contributed by atoms with Crippen LogP contribution in [0.5, 0.6) is 0 Å². The Balaban J connectivity index is 2.74. The van der Waals surface area contributed by atoms with Crippen LogP contribution in [0.4, 0.5) is 5.69 Å². The number of carbonyl (C=O) groups is 1. The first kappa shape index (κ1) is 11.5. The molecule has 0 bridgehead atoms. The summed E-state index contributed by atoms with van der Waals surface area (Å²) in [7, 11) is 0. The number of benzene rings is 1. The molecule has 0 aliphatic heterocycles. The van der Waals surface area contributed by atoms with Gasteiger partial charge in [-0.3, -0.25) is 4.79 Å². The molecule has 90 valence electrons. The van der Waals surface area contributed by atoms with E-state index in [9.17, 15) is 4.79 Å². The minimum absolute atomic E-state index is 0.430. The predicted octanol–water partition coefficient (Wildman–Crippen LogP) is 2.32. The third-order valence-corrected chi connectivity index (χ3v) is 3.08. The van der Waals surface area contributed by atoms with E-state index in [0.29, 0.717) is 5.69 Å². The van der Waals surface area contributed by atoms with Crippen LogP contribution in [0.3, 0.4) is 0 Å². The van der Waals surface area contributed by atoms with Gasteiger partial charge < -0.3 is 16.0 Å². The lowest BCUT2D eigenvalue weighted by molar-refractivity contribution is 0.0996. The molecule has 0 spiro atoms. The lowest BCUT2D eigenvalue weighted by atomic mass is 10.0. The third-order valence-electron chi connectivity index (χ3n) is 3.08. The SMILES string of the molecule is CCNc1cc(C)c(C)c2cc(C(N)=O)[nH]c12. The number of hydrogen-bond acceptors (Lipinski definition) is 2. The van der Waals surface area contributed by atoms with E-state index in [0.717, 1.165) is 23.1 Å². The Morgan fingerprint density at radius 2 is 2.12 bits per heavy atom. The second-order valence-corrected chi connectivity index (χ2v) is 4.23. The van der Waals surface area contributed by atoms with Crippen molar-refractivity contribution in [2.24, 2.45) is 5.73 Å². The highest BCUT2D eigenvalue weighted by molar-refractivity contribution is 6.02. The van der Waals surface area contributed by atoms with Crippen LogP contribution in [0.25, 0.3) is 10.9 Å². The maximum Gasteiger partial charge on any atom is 0.265 e. The number of rotatable bonds is 3. The standard InChI is InChI=1S/C13H17N3O/c1-4-15-10-5-7(2)8(3)9-6-11(13(14)17)16-12(9)10/h5-6,15-16H,4H2,1-3H3,(H2,14,17). The van der Waals surface area contributed by atoms with E-state index in [1.54, 1.807) is 0 Å².